The summed E-state index contributed by atoms with van der Waals surface area (Å²) in [5.41, 5.74) is 1.53. The van der Waals surface area contributed by atoms with Crippen LogP contribution in [0, 0.1) is 5.92 Å². The molecule has 4 rings (SSSR count). The molecule has 0 saturated heterocycles. The SMILES string of the molecule is CC.CC1CCc2sc3ncnc(NC4CCCCC4)c3c2C1. The van der Waals surface area contributed by atoms with Gasteiger partial charge >= 0.3 is 0 Å². The topological polar surface area (TPSA) is 37.8 Å². The first-order chi connectivity index (χ1) is 11.3. The normalized spacial score (nSPS) is 21.4. The van der Waals surface area contributed by atoms with Crippen molar-refractivity contribution in [3.8, 4) is 0 Å². The Morgan fingerprint density at radius 3 is 2.65 bits per heavy atom. The van der Waals surface area contributed by atoms with E-state index in [-0.39, 0.29) is 0 Å². The first kappa shape index (κ1) is 16.7. The van der Waals surface area contributed by atoms with Gasteiger partial charge < -0.3 is 5.32 Å². The summed E-state index contributed by atoms with van der Waals surface area (Å²) in [4.78, 5) is 11.9. The summed E-state index contributed by atoms with van der Waals surface area (Å²) in [5.74, 6) is 1.89. The highest BCUT2D eigenvalue weighted by Gasteiger charge is 2.24. The Hall–Kier alpha value is -1.16. The van der Waals surface area contributed by atoms with Gasteiger partial charge in [0, 0.05) is 10.9 Å². The Balaban J connectivity index is 0.000000753. The third-order valence-electron chi connectivity index (χ3n) is 5.03. The van der Waals surface area contributed by atoms with Crippen LogP contribution in [0.1, 0.15) is 69.7 Å². The van der Waals surface area contributed by atoms with Crippen molar-refractivity contribution in [2.45, 2.75) is 78.2 Å². The number of thiophene rings is 1. The van der Waals surface area contributed by atoms with Crippen molar-refractivity contribution in [3.63, 3.8) is 0 Å². The minimum atomic E-state index is 0.605. The van der Waals surface area contributed by atoms with Gasteiger partial charge in [0.2, 0.25) is 0 Å². The molecule has 3 nitrogen and oxygen atoms in total. The number of hydrogen-bond acceptors (Lipinski definition) is 4. The third kappa shape index (κ3) is 3.52. The number of anilines is 1. The molecule has 2 aromatic rings. The minimum absolute atomic E-state index is 0.605. The lowest BCUT2D eigenvalue weighted by atomic mass is 9.88. The average Bonchev–Trinajstić information content (AvgIpc) is 2.96. The standard InChI is InChI=1S/C17H23N3S.C2H6/c1-11-7-8-14-13(9-11)15-16(18-10-19-17(15)21-14)20-12-5-3-2-4-6-12;1-2/h10-12H,2-9H2,1H3,(H,18,19,20);1-2H3. The van der Waals surface area contributed by atoms with Crippen LogP contribution in [0.3, 0.4) is 0 Å². The second kappa shape index (κ2) is 7.61. The zero-order chi connectivity index (χ0) is 16.2. The van der Waals surface area contributed by atoms with Crippen molar-refractivity contribution < 1.29 is 0 Å². The molecule has 0 bridgehead atoms. The van der Waals surface area contributed by atoms with E-state index < -0.39 is 0 Å². The maximum absolute atomic E-state index is 4.59. The van der Waals surface area contributed by atoms with E-state index in [1.54, 1.807) is 11.2 Å². The fourth-order valence-corrected chi connectivity index (χ4v) is 5.02. The first-order valence-corrected chi connectivity index (χ1v) is 10.1. The van der Waals surface area contributed by atoms with Crippen LogP contribution in [0.5, 0.6) is 0 Å². The fourth-order valence-electron chi connectivity index (χ4n) is 3.83. The summed E-state index contributed by atoms with van der Waals surface area (Å²) >= 11 is 1.89. The summed E-state index contributed by atoms with van der Waals surface area (Å²) in [6.45, 7) is 6.37. The molecule has 1 unspecified atom stereocenters. The molecule has 126 valence electrons. The molecule has 1 N–H and O–H groups in total. The summed E-state index contributed by atoms with van der Waals surface area (Å²) < 4.78 is 0. The zero-order valence-electron chi connectivity index (χ0n) is 14.7. The van der Waals surface area contributed by atoms with Gasteiger partial charge in [-0.2, -0.15) is 0 Å². The summed E-state index contributed by atoms with van der Waals surface area (Å²) in [5, 5.41) is 5.06. The van der Waals surface area contributed by atoms with Crippen molar-refractivity contribution in [1.29, 1.82) is 0 Å². The highest BCUT2D eigenvalue weighted by Crippen LogP contribution is 2.40. The molecule has 0 radical (unpaired) electrons. The number of nitrogens with one attached hydrogen (secondary N) is 1. The predicted octanol–water partition coefficient (Wildman–Crippen LogP) is 5.59. The third-order valence-corrected chi connectivity index (χ3v) is 6.23. The zero-order valence-corrected chi connectivity index (χ0v) is 15.5. The van der Waals surface area contributed by atoms with E-state index in [0.29, 0.717) is 6.04 Å². The van der Waals surface area contributed by atoms with E-state index in [9.17, 15) is 0 Å². The van der Waals surface area contributed by atoms with Gasteiger partial charge in [-0.1, -0.05) is 40.0 Å². The van der Waals surface area contributed by atoms with E-state index >= 15 is 0 Å². The summed E-state index contributed by atoms with van der Waals surface area (Å²) in [6.07, 6.45) is 12.1. The van der Waals surface area contributed by atoms with E-state index in [2.05, 4.69) is 22.2 Å². The molecule has 2 heterocycles. The molecule has 0 amide bonds. The van der Waals surface area contributed by atoms with Gasteiger partial charge in [0.25, 0.3) is 0 Å². The van der Waals surface area contributed by atoms with Crippen LogP contribution < -0.4 is 5.32 Å². The Morgan fingerprint density at radius 2 is 1.87 bits per heavy atom. The Bertz CT molecular complexity index is 643. The summed E-state index contributed by atoms with van der Waals surface area (Å²) in [6, 6.07) is 0.605. The van der Waals surface area contributed by atoms with Crippen LogP contribution >= 0.6 is 11.3 Å². The molecule has 23 heavy (non-hydrogen) atoms. The lowest BCUT2D eigenvalue weighted by molar-refractivity contribution is 0.462. The summed E-state index contributed by atoms with van der Waals surface area (Å²) in [7, 11) is 0. The predicted molar refractivity (Wildman–Crippen MR) is 100 cm³/mol. The van der Waals surface area contributed by atoms with Crippen molar-refractivity contribution in [2.24, 2.45) is 5.92 Å². The molecule has 1 atom stereocenters. The number of hydrogen-bond donors (Lipinski definition) is 1. The molecular formula is C19H29N3S. The van der Waals surface area contributed by atoms with Crippen LogP contribution in [0.15, 0.2) is 6.33 Å². The molecule has 2 aliphatic rings. The van der Waals surface area contributed by atoms with Crippen molar-refractivity contribution >= 4 is 27.4 Å². The molecule has 1 fully saturated rings. The van der Waals surface area contributed by atoms with Gasteiger partial charge in [0.15, 0.2) is 0 Å². The maximum atomic E-state index is 4.59. The number of aromatic nitrogens is 2. The Morgan fingerprint density at radius 1 is 1.09 bits per heavy atom. The molecule has 4 heteroatoms. The highest BCUT2D eigenvalue weighted by atomic mass is 32.1. The van der Waals surface area contributed by atoms with Crippen LogP contribution in [-0.2, 0) is 12.8 Å². The van der Waals surface area contributed by atoms with Gasteiger partial charge in [0.1, 0.15) is 17.0 Å². The molecule has 0 aromatic carbocycles. The number of nitrogens with zero attached hydrogens (tertiary/aromatic N) is 2. The molecule has 0 spiro atoms. The number of fused-ring (bicyclic) bond motifs is 3. The van der Waals surface area contributed by atoms with Crippen LogP contribution in [0.25, 0.3) is 10.2 Å². The van der Waals surface area contributed by atoms with Crippen molar-refractivity contribution in [2.75, 3.05) is 5.32 Å². The van der Waals surface area contributed by atoms with Crippen molar-refractivity contribution in [1.82, 2.24) is 9.97 Å². The minimum Gasteiger partial charge on any atom is -0.367 e. The lowest BCUT2D eigenvalue weighted by Gasteiger charge is -2.24. The van der Waals surface area contributed by atoms with Gasteiger partial charge in [-0.05, 0) is 43.6 Å². The van der Waals surface area contributed by atoms with E-state index in [0.717, 1.165) is 11.7 Å². The van der Waals surface area contributed by atoms with Gasteiger partial charge in [-0.25, -0.2) is 9.97 Å². The smallest absolute Gasteiger partial charge is 0.138 e. The first-order valence-electron chi connectivity index (χ1n) is 9.33. The monoisotopic (exact) mass is 331 g/mol. The van der Waals surface area contributed by atoms with Gasteiger partial charge in [-0.15, -0.1) is 11.3 Å². The fraction of sp³-hybridized carbons (Fsp3) is 0.684. The second-order valence-corrected chi connectivity index (χ2v) is 7.82. The van der Waals surface area contributed by atoms with Crippen LogP contribution in [-0.4, -0.2) is 16.0 Å². The van der Waals surface area contributed by atoms with E-state index in [1.807, 2.05) is 25.2 Å². The van der Waals surface area contributed by atoms with E-state index in [1.165, 1.54) is 67.1 Å². The maximum Gasteiger partial charge on any atom is 0.138 e. The molecule has 0 aliphatic heterocycles. The number of rotatable bonds is 2. The molecule has 2 aromatic heterocycles. The Labute approximate surface area is 143 Å². The van der Waals surface area contributed by atoms with Gasteiger partial charge in [0.05, 0.1) is 5.39 Å². The largest absolute Gasteiger partial charge is 0.367 e. The van der Waals surface area contributed by atoms with E-state index in [4.69, 9.17) is 0 Å². The highest BCUT2D eigenvalue weighted by molar-refractivity contribution is 7.19. The quantitative estimate of drug-likeness (QED) is 0.780. The van der Waals surface area contributed by atoms with Crippen LogP contribution in [0.2, 0.25) is 0 Å². The Kier molecular flexibility index (Phi) is 5.52. The lowest BCUT2D eigenvalue weighted by Crippen LogP contribution is -2.23. The van der Waals surface area contributed by atoms with Gasteiger partial charge in [-0.3, -0.25) is 0 Å². The average molecular weight is 332 g/mol. The number of aryl methyl sites for hydroxylation is 1. The van der Waals surface area contributed by atoms with Crippen LogP contribution in [0.4, 0.5) is 5.82 Å². The van der Waals surface area contributed by atoms with Crippen molar-refractivity contribution in [3.05, 3.63) is 16.8 Å². The second-order valence-electron chi connectivity index (χ2n) is 6.73. The molecule has 2 aliphatic carbocycles. The molecule has 1 saturated carbocycles. The molecular weight excluding hydrogens is 302 g/mol.